The maximum atomic E-state index is 13.7. The van der Waals surface area contributed by atoms with Gasteiger partial charge in [0.15, 0.2) is 17.1 Å². The number of aromatic nitrogens is 4. The molecule has 1 atom stereocenters. The van der Waals surface area contributed by atoms with E-state index in [9.17, 15) is 23.1 Å². The fourth-order valence-electron chi connectivity index (χ4n) is 3.52. The number of aliphatic hydroxyl groups excluding tert-OH is 2. The standard InChI is InChI=1S/C24H22F3N5O4/c1-13-7-8-15(10-28-13)30-23(35)21-14(2)29-22-20(36-12-16(34)11-33)9-19(31-32(21)22)17-5-3-4-6-18(17)24(25,26)27/h3-10,16,33-34H,11-12H2,1-2H3,(H,30,35)/t16-/m1/s1. The van der Waals surface area contributed by atoms with Crippen LogP contribution in [0.1, 0.15) is 27.4 Å². The Labute approximate surface area is 203 Å². The van der Waals surface area contributed by atoms with Crippen molar-refractivity contribution < 1.29 is 32.9 Å². The molecule has 0 fully saturated rings. The number of pyridine rings is 1. The summed E-state index contributed by atoms with van der Waals surface area (Å²) >= 11 is 0. The van der Waals surface area contributed by atoms with Crippen LogP contribution in [0.15, 0.2) is 48.7 Å². The minimum Gasteiger partial charge on any atom is -0.487 e. The van der Waals surface area contributed by atoms with E-state index >= 15 is 0 Å². The fourth-order valence-corrected chi connectivity index (χ4v) is 3.52. The molecule has 3 heterocycles. The maximum Gasteiger partial charge on any atom is 0.417 e. The molecule has 0 aliphatic rings. The Morgan fingerprint density at radius 3 is 2.61 bits per heavy atom. The van der Waals surface area contributed by atoms with E-state index in [0.717, 1.165) is 16.3 Å². The molecule has 36 heavy (non-hydrogen) atoms. The molecule has 4 rings (SSSR count). The number of rotatable bonds is 7. The number of aliphatic hydroxyl groups is 2. The van der Waals surface area contributed by atoms with Crippen LogP contribution in [0.4, 0.5) is 18.9 Å². The number of fused-ring (bicyclic) bond motifs is 1. The number of carbonyl (C=O) groups excluding carboxylic acids is 1. The van der Waals surface area contributed by atoms with Crippen LogP contribution in [0.3, 0.4) is 0 Å². The SMILES string of the molecule is Cc1ccc(NC(=O)c2c(C)nc3c(OC[C@H](O)CO)cc(-c4ccccc4C(F)(F)F)nn23)cn1. The van der Waals surface area contributed by atoms with E-state index in [1.165, 1.54) is 30.5 Å². The highest BCUT2D eigenvalue weighted by atomic mass is 19.4. The van der Waals surface area contributed by atoms with Gasteiger partial charge in [0.2, 0.25) is 0 Å². The second-order valence-electron chi connectivity index (χ2n) is 8.01. The molecular weight excluding hydrogens is 479 g/mol. The van der Waals surface area contributed by atoms with Gasteiger partial charge in [0.25, 0.3) is 5.91 Å². The second kappa shape index (κ2) is 9.91. The molecule has 0 bridgehead atoms. The third-order valence-electron chi connectivity index (χ3n) is 5.26. The largest absolute Gasteiger partial charge is 0.487 e. The number of hydrogen-bond acceptors (Lipinski definition) is 7. The number of amides is 1. The Morgan fingerprint density at radius 1 is 1.19 bits per heavy atom. The molecule has 12 heteroatoms. The van der Waals surface area contributed by atoms with Crippen molar-refractivity contribution in [2.45, 2.75) is 26.1 Å². The van der Waals surface area contributed by atoms with Crippen molar-refractivity contribution in [3.05, 3.63) is 71.3 Å². The minimum absolute atomic E-state index is 0.0236. The van der Waals surface area contributed by atoms with Gasteiger partial charge < -0.3 is 20.3 Å². The Morgan fingerprint density at radius 2 is 1.94 bits per heavy atom. The average Bonchev–Trinajstić information content (AvgIpc) is 3.19. The van der Waals surface area contributed by atoms with Crippen molar-refractivity contribution in [3.63, 3.8) is 0 Å². The summed E-state index contributed by atoms with van der Waals surface area (Å²) in [5.74, 6) is -0.635. The third kappa shape index (κ3) is 5.14. The zero-order valence-electron chi connectivity index (χ0n) is 19.2. The fraction of sp³-hybridized carbons (Fsp3) is 0.250. The number of carbonyl (C=O) groups is 1. The van der Waals surface area contributed by atoms with Crippen LogP contribution in [0.25, 0.3) is 16.9 Å². The van der Waals surface area contributed by atoms with Crippen molar-refractivity contribution in [2.75, 3.05) is 18.5 Å². The first-order valence-corrected chi connectivity index (χ1v) is 10.8. The lowest BCUT2D eigenvalue weighted by Crippen LogP contribution is -2.22. The van der Waals surface area contributed by atoms with E-state index in [1.54, 1.807) is 26.0 Å². The smallest absolute Gasteiger partial charge is 0.417 e. The van der Waals surface area contributed by atoms with Gasteiger partial charge in [-0.05, 0) is 32.0 Å². The molecule has 4 aromatic rings. The van der Waals surface area contributed by atoms with Crippen molar-refractivity contribution in [1.29, 1.82) is 0 Å². The van der Waals surface area contributed by atoms with Crippen molar-refractivity contribution in [2.24, 2.45) is 0 Å². The van der Waals surface area contributed by atoms with E-state index in [1.807, 2.05) is 0 Å². The molecule has 9 nitrogen and oxygen atoms in total. The highest BCUT2D eigenvalue weighted by molar-refractivity contribution is 6.04. The number of alkyl halides is 3. The van der Waals surface area contributed by atoms with E-state index < -0.39 is 30.4 Å². The molecule has 0 spiro atoms. The zero-order valence-corrected chi connectivity index (χ0v) is 19.2. The monoisotopic (exact) mass is 501 g/mol. The van der Waals surface area contributed by atoms with Crippen LogP contribution in [0.5, 0.6) is 5.75 Å². The molecule has 1 aromatic carbocycles. The molecule has 188 valence electrons. The molecule has 1 amide bonds. The first kappa shape index (κ1) is 25.1. The number of hydrogen-bond donors (Lipinski definition) is 3. The number of nitrogens with one attached hydrogen (secondary N) is 1. The van der Waals surface area contributed by atoms with Gasteiger partial charge in [0, 0.05) is 17.3 Å². The Kier molecular flexibility index (Phi) is 6.91. The van der Waals surface area contributed by atoms with E-state index in [2.05, 4.69) is 20.4 Å². The lowest BCUT2D eigenvalue weighted by atomic mass is 10.0. The van der Waals surface area contributed by atoms with Crippen LogP contribution in [0, 0.1) is 13.8 Å². The summed E-state index contributed by atoms with van der Waals surface area (Å²) in [6.45, 7) is 2.39. The summed E-state index contributed by atoms with van der Waals surface area (Å²) in [5, 5.41) is 25.8. The van der Waals surface area contributed by atoms with Crippen molar-refractivity contribution >= 4 is 17.2 Å². The number of halogens is 3. The third-order valence-corrected chi connectivity index (χ3v) is 5.26. The second-order valence-corrected chi connectivity index (χ2v) is 8.01. The molecule has 3 N–H and O–H groups in total. The molecule has 0 aliphatic carbocycles. The lowest BCUT2D eigenvalue weighted by molar-refractivity contribution is -0.137. The molecule has 0 aliphatic heterocycles. The van der Waals surface area contributed by atoms with Crippen LogP contribution >= 0.6 is 0 Å². The van der Waals surface area contributed by atoms with Gasteiger partial charge in [-0.25, -0.2) is 9.50 Å². The minimum atomic E-state index is -4.66. The van der Waals surface area contributed by atoms with Gasteiger partial charge in [0.1, 0.15) is 12.7 Å². The van der Waals surface area contributed by atoms with Crippen LogP contribution in [-0.2, 0) is 6.18 Å². The predicted molar refractivity (Wildman–Crippen MR) is 124 cm³/mol. The van der Waals surface area contributed by atoms with Gasteiger partial charge in [-0.3, -0.25) is 9.78 Å². The van der Waals surface area contributed by atoms with Crippen molar-refractivity contribution in [1.82, 2.24) is 19.6 Å². The summed E-state index contributed by atoms with van der Waals surface area (Å²) in [6.07, 6.45) is -4.43. The van der Waals surface area contributed by atoms with Crippen LogP contribution < -0.4 is 10.1 Å². The Bertz CT molecular complexity index is 1400. The summed E-state index contributed by atoms with van der Waals surface area (Å²) in [6, 6.07) is 9.49. The van der Waals surface area contributed by atoms with Gasteiger partial charge in [-0.2, -0.15) is 18.3 Å². The maximum absolute atomic E-state index is 13.7. The lowest BCUT2D eigenvalue weighted by Gasteiger charge is -2.15. The number of anilines is 1. The predicted octanol–water partition coefficient (Wildman–Crippen LogP) is 3.41. The number of ether oxygens (including phenoxy) is 1. The van der Waals surface area contributed by atoms with Crippen LogP contribution in [0.2, 0.25) is 0 Å². The first-order valence-electron chi connectivity index (χ1n) is 10.8. The van der Waals surface area contributed by atoms with Gasteiger partial charge >= 0.3 is 6.18 Å². The van der Waals surface area contributed by atoms with Gasteiger partial charge in [0.05, 0.1) is 35.4 Å². The van der Waals surface area contributed by atoms with E-state index in [-0.39, 0.29) is 40.6 Å². The van der Waals surface area contributed by atoms with Crippen LogP contribution in [-0.4, -0.2) is 55.0 Å². The zero-order chi connectivity index (χ0) is 26.0. The normalized spacial score (nSPS) is 12.5. The van der Waals surface area contributed by atoms with Crippen molar-refractivity contribution in [3.8, 4) is 17.0 Å². The molecule has 0 radical (unpaired) electrons. The average molecular weight is 501 g/mol. The highest BCUT2D eigenvalue weighted by Gasteiger charge is 2.34. The number of benzene rings is 1. The number of imidazole rings is 1. The topological polar surface area (TPSA) is 122 Å². The van der Waals surface area contributed by atoms with E-state index in [0.29, 0.717) is 5.69 Å². The molecule has 0 saturated carbocycles. The summed E-state index contributed by atoms with van der Waals surface area (Å²) in [4.78, 5) is 21.6. The molecule has 0 saturated heterocycles. The summed E-state index contributed by atoms with van der Waals surface area (Å²) < 4.78 is 47.9. The first-order chi connectivity index (χ1) is 17.1. The summed E-state index contributed by atoms with van der Waals surface area (Å²) in [5.41, 5.74) is 0.136. The number of nitrogens with zero attached hydrogens (tertiary/aromatic N) is 4. The summed E-state index contributed by atoms with van der Waals surface area (Å²) in [7, 11) is 0. The van der Waals surface area contributed by atoms with Gasteiger partial charge in [-0.15, -0.1) is 0 Å². The molecule has 3 aromatic heterocycles. The quantitative estimate of drug-likeness (QED) is 0.355. The van der Waals surface area contributed by atoms with E-state index in [4.69, 9.17) is 9.84 Å². The Balaban J connectivity index is 1.87. The highest BCUT2D eigenvalue weighted by Crippen LogP contribution is 2.37. The molecular formula is C24H22F3N5O4. The number of aryl methyl sites for hydroxylation is 2. The molecule has 0 unspecified atom stereocenters. The van der Waals surface area contributed by atoms with Gasteiger partial charge in [-0.1, -0.05) is 18.2 Å². The Hall–Kier alpha value is -4.03.